The Morgan fingerprint density at radius 3 is 2.87 bits per heavy atom. The number of hydrogen-bond acceptors (Lipinski definition) is 5. The molecule has 4 atom stereocenters. The van der Waals surface area contributed by atoms with Gasteiger partial charge in [-0.15, -0.1) is 0 Å². The molecule has 10 heteroatoms. The van der Waals surface area contributed by atoms with E-state index in [0.717, 1.165) is 0 Å². The van der Waals surface area contributed by atoms with E-state index in [-0.39, 0.29) is 35.6 Å². The van der Waals surface area contributed by atoms with Crippen molar-refractivity contribution in [2.75, 3.05) is 18.5 Å². The van der Waals surface area contributed by atoms with Crippen molar-refractivity contribution in [3.05, 3.63) is 35.9 Å². The maximum Gasteiger partial charge on any atom is 0.336 e. The number of ether oxygens (including phenoxy) is 1. The van der Waals surface area contributed by atoms with Crippen LogP contribution in [0.2, 0.25) is 0 Å². The maximum absolute atomic E-state index is 13.9. The summed E-state index contributed by atoms with van der Waals surface area (Å²) in [5.74, 6) is -0.875. The zero-order valence-corrected chi connectivity index (χ0v) is 18.6. The largest absolute Gasteiger partial charge is 0.375 e. The van der Waals surface area contributed by atoms with E-state index in [1.807, 2.05) is 19.1 Å². The summed E-state index contributed by atoms with van der Waals surface area (Å²) in [7, 11) is -4.18. The highest BCUT2D eigenvalue weighted by Crippen LogP contribution is 2.32. The normalized spacial score (nSPS) is 25.9. The van der Waals surface area contributed by atoms with Crippen molar-refractivity contribution >= 4 is 27.6 Å². The zero-order chi connectivity index (χ0) is 22.8. The number of allylic oxidation sites excluding steroid dienone is 1. The van der Waals surface area contributed by atoms with Crippen LogP contribution in [0.5, 0.6) is 0 Å². The van der Waals surface area contributed by atoms with Crippen LogP contribution < -0.4 is 10.6 Å². The third kappa shape index (κ3) is 4.74. The van der Waals surface area contributed by atoms with Gasteiger partial charge in [-0.2, -0.15) is 0 Å². The number of nitrogens with one attached hydrogen (secondary N) is 2. The smallest absolute Gasteiger partial charge is 0.336 e. The molecule has 170 valence electrons. The van der Waals surface area contributed by atoms with Gasteiger partial charge >= 0.3 is 6.03 Å². The molecule has 0 aliphatic carbocycles. The van der Waals surface area contributed by atoms with Crippen LogP contribution in [0.3, 0.4) is 0 Å². The summed E-state index contributed by atoms with van der Waals surface area (Å²) < 4.78 is 46.1. The van der Waals surface area contributed by atoms with E-state index < -0.39 is 40.7 Å². The summed E-state index contributed by atoms with van der Waals surface area (Å²) in [6, 6.07) is 3.44. The topological polar surface area (TPSA) is 105 Å². The molecular weight excluding hydrogens is 425 g/mol. The van der Waals surface area contributed by atoms with Gasteiger partial charge in [0.05, 0.1) is 24.4 Å². The predicted octanol–water partition coefficient (Wildman–Crippen LogP) is 2.75. The number of alkyl halides is 1. The molecule has 0 spiro atoms. The molecule has 2 N–H and O–H groups in total. The minimum atomic E-state index is -4.18. The molecule has 0 radical (unpaired) electrons. The highest BCUT2D eigenvalue weighted by atomic mass is 32.2. The maximum atomic E-state index is 13.9. The molecule has 1 aromatic rings. The lowest BCUT2D eigenvalue weighted by Gasteiger charge is -2.30. The standard InChI is InChI=1S/C21H28FN3O5S/c1-4-7-15-17(12-30-18(15)10-14(22)5-2)23-19(26)11-25-21(27)24-16-9-6-8-13(3)20(16)31(25,28)29/h4,6-9,14-15,17-18H,5,10-12H2,1-3H3,(H,23,26)(H,24,27)/b7-4+/t14?,15?,17-,18?/m1/s1. The zero-order valence-electron chi connectivity index (χ0n) is 17.8. The molecule has 0 aromatic heterocycles. The first kappa shape index (κ1) is 23.2. The van der Waals surface area contributed by atoms with Crippen LogP contribution in [0, 0.1) is 12.8 Å². The molecule has 2 heterocycles. The molecule has 0 saturated carbocycles. The van der Waals surface area contributed by atoms with Gasteiger partial charge < -0.3 is 15.4 Å². The number of carbonyl (C=O) groups is 2. The van der Waals surface area contributed by atoms with Gasteiger partial charge in [0.1, 0.15) is 17.6 Å². The number of rotatable bonds is 7. The number of benzene rings is 1. The molecule has 3 amide bonds. The Morgan fingerprint density at radius 1 is 1.45 bits per heavy atom. The van der Waals surface area contributed by atoms with Crippen molar-refractivity contribution in [3.63, 3.8) is 0 Å². The van der Waals surface area contributed by atoms with E-state index in [4.69, 9.17) is 4.74 Å². The fourth-order valence-corrected chi connectivity index (χ4v) is 5.64. The van der Waals surface area contributed by atoms with Crippen molar-refractivity contribution in [2.45, 2.75) is 56.8 Å². The average molecular weight is 454 g/mol. The number of hydrogen-bond donors (Lipinski definition) is 2. The van der Waals surface area contributed by atoms with Crippen LogP contribution in [-0.2, 0) is 19.6 Å². The summed E-state index contributed by atoms with van der Waals surface area (Å²) in [4.78, 5) is 25.1. The fourth-order valence-electron chi connectivity index (χ4n) is 4.00. The van der Waals surface area contributed by atoms with E-state index in [2.05, 4.69) is 10.6 Å². The van der Waals surface area contributed by atoms with Gasteiger partial charge in [0.25, 0.3) is 10.0 Å². The lowest BCUT2D eigenvalue weighted by Crippen LogP contribution is -2.51. The molecule has 1 fully saturated rings. The molecule has 1 aromatic carbocycles. The van der Waals surface area contributed by atoms with Gasteiger partial charge in [-0.3, -0.25) is 4.79 Å². The average Bonchev–Trinajstić information content (AvgIpc) is 3.06. The highest BCUT2D eigenvalue weighted by molar-refractivity contribution is 7.90. The first-order valence-corrected chi connectivity index (χ1v) is 11.7. The molecule has 2 aliphatic rings. The molecule has 8 nitrogen and oxygen atoms in total. The molecule has 3 unspecified atom stereocenters. The number of carbonyl (C=O) groups excluding carboxylic acids is 2. The summed E-state index contributed by atoms with van der Waals surface area (Å²) >= 11 is 0. The van der Waals surface area contributed by atoms with Crippen LogP contribution in [0.1, 0.15) is 32.3 Å². The number of nitrogens with zero attached hydrogens (tertiary/aromatic N) is 1. The summed E-state index contributed by atoms with van der Waals surface area (Å²) in [6.45, 7) is 4.73. The molecule has 31 heavy (non-hydrogen) atoms. The molecular formula is C21H28FN3O5S. The van der Waals surface area contributed by atoms with Crippen LogP contribution in [0.25, 0.3) is 0 Å². The first-order chi connectivity index (χ1) is 14.7. The Kier molecular flexibility index (Phi) is 7.00. The van der Waals surface area contributed by atoms with Gasteiger partial charge in [-0.25, -0.2) is 21.9 Å². The van der Waals surface area contributed by atoms with Crippen LogP contribution in [0.4, 0.5) is 14.9 Å². The number of halogens is 1. The number of anilines is 1. The van der Waals surface area contributed by atoms with Crippen molar-refractivity contribution in [1.29, 1.82) is 0 Å². The minimum absolute atomic E-state index is 0.0213. The summed E-state index contributed by atoms with van der Waals surface area (Å²) in [5.41, 5.74) is 0.665. The SMILES string of the molecule is C/C=C/C1C(CC(F)CC)OC[C@H]1NC(=O)CN1C(=O)Nc2cccc(C)c2S1(=O)=O. The van der Waals surface area contributed by atoms with Gasteiger partial charge in [0.2, 0.25) is 5.91 Å². The number of amides is 3. The monoisotopic (exact) mass is 453 g/mol. The van der Waals surface area contributed by atoms with Gasteiger partial charge in [-0.1, -0.05) is 31.2 Å². The second kappa shape index (κ2) is 9.35. The van der Waals surface area contributed by atoms with Crippen molar-refractivity contribution in [3.8, 4) is 0 Å². The lowest BCUT2D eigenvalue weighted by atomic mass is 9.92. The van der Waals surface area contributed by atoms with Crippen molar-refractivity contribution in [1.82, 2.24) is 9.62 Å². The number of aryl methyl sites for hydroxylation is 1. The molecule has 2 aliphatic heterocycles. The minimum Gasteiger partial charge on any atom is -0.375 e. The lowest BCUT2D eigenvalue weighted by molar-refractivity contribution is -0.121. The Hall–Kier alpha value is -2.46. The number of urea groups is 1. The van der Waals surface area contributed by atoms with Crippen LogP contribution >= 0.6 is 0 Å². The van der Waals surface area contributed by atoms with E-state index in [1.165, 1.54) is 6.07 Å². The van der Waals surface area contributed by atoms with Gasteiger partial charge in [0, 0.05) is 12.3 Å². The van der Waals surface area contributed by atoms with E-state index in [1.54, 1.807) is 26.0 Å². The molecule has 3 rings (SSSR count). The molecule has 0 bridgehead atoms. The summed E-state index contributed by atoms with van der Waals surface area (Å²) in [6.07, 6.45) is 2.88. The van der Waals surface area contributed by atoms with E-state index in [9.17, 15) is 22.4 Å². The molecule has 1 saturated heterocycles. The van der Waals surface area contributed by atoms with E-state index in [0.29, 0.717) is 16.3 Å². The Bertz CT molecular complexity index is 981. The highest BCUT2D eigenvalue weighted by Gasteiger charge is 2.41. The predicted molar refractivity (Wildman–Crippen MR) is 114 cm³/mol. The summed E-state index contributed by atoms with van der Waals surface area (Å²) in [5, 5.41) is 5.28. The van der Waals surface area contributed by atoms with Gasteiger partial charge in [-0.05, 0) is 31.9 Å². The van der Waals surface area contributed by atoms with Crippen molar-refractivity contribution in [2.24, 2.45) is 5.92 Å². The first-order valence-electron chi connectivity index (χ1n) is 10.3. The Morgan fingerprint density at radius 2 is 2.19 bits per heavy atom. The second-order valence-corrected chi connectivity index (χ2v) is 9.58. The van der Waals surface area contributed by atoms with Crippen molar-refractivity contribution < 1.29 is 27.1 Å². The quantitative estimate of drug-likeness (QED) is 0.618. The number of fused-ring (bicyclic) bond motifs is 1. The third-order valence-electron chi connectivity index (χ3n) is 5.59. The second-order valence-electron chi connectivity index (χ2n) is 7.78. The van der Waals surface area contributed by atoms with Crippen LogP contribution in [0.15, 0.2) is 35.2 Å². The third-order valence-corrected chi connectivity index (χ3v) is 7.52. The Balaban J connectivity index is 1.73. The van der Waals surface area contributed by atoms with Crippen LogP contribution in [-0.4, -0.2) is 56.1 Å². The Labute approximate surface area is 181 Å². The van der Waals surface area contributed by atoms with E-state index >= 15 is 0 Å². The van der Waals surface area contributed by atoms with Gasteiger partial charge in [0.15, 0.2) is 0 Å². The fraction of sp³-hybridized carbons (Fsp3) is 0.524. The number of sulfonamides is 1.